The number of hydrogen-bond acceptors (Lipinski definition) is 3. The Bertz CT molecular complexity index is 1850. The maximum atomic E-state index is 14.9. The molecule has 6 rings (SSSR count). The molecular weight excluding hydrogens is 581 g/mol. The van der Waals surface area contributed by atoms with Gasteiger partial charge in [-0.05, 0) is 66.6 Å². The van der Waals surface area contributed by atoms with Crippen LogP contribution >= 0.6 is 0 Å². The maximum absolute atomic E-state index is 14.9. The molecule has 1 N–H and O–H groups in total. The Hall–Kier alpha value is -4.74. The van der Waals surface area contributed by atoms with E-state index in [1.54, 1.807) is 18.2 Å². The predicted octanol–water partition coefficient (Wildman–Crippen LogP) is 8.40. The molecule has 1 aliphatic heterocycles. The third kappa shape index (κ3) is 5.00. The Morgan fingerprint density at radius 3 is 2.44 bits per heavy atom. The molecule has 1 amide bonds. The monoisotopic (exact) mass is 602 g/mol. The average Bonchev–Trinajstić information content (AvgIpc) is 3.60. The summed E-state index contributed by atoms with van der Waals surface area (Å²) in [6.45, 7) is -0.0501. The van der Waals surface area contributed by atoms with Crippen LogP contribution in [0.15, 0.2) is 77.2 Å². The average molecular weight is 603 g/mol. The normalized spacial score (nSPS) is 15.5. The summed E-state index contributed by atoms with van der Waals surface area (Å²) >= 11 is 0. The molecule has 0 bridgehead atoms. The number of methoxy groups -OCH3 is 1. The van der Waals surface area contributed by atoms with Crippen LogP contribution in [0.5, 0.6) is 5.75 Å². The van der Waals surface area contributed by atoms with E-state index >= 15 is 0 Å². The van der Waals surface area contributed by atoms with Crippen molar-refractivity contribution in [1.29, 1.82) is 0 Å². The number of ether oxygens (including phenoxy) is 1. The van der Waals surface area contributed by atoms with Crippen LogP contribution in [0.1, 0.15) is 44.5 Å². The van der Waals surface area contributed by atoms with Crippen LogP contribution < -0.4 is 4.74 Å². The Balaban J connectivity index is 1.51. The maximum Gasteiger partial charge on any atom is 0.417 e. The smallest absolute Gasteiger partial charge is 0.417 e. The fraction of sp³-hybridized carbons (Fsp3) is 0.194. The molecule has 1 aliphatic rings. The summed E-state index contributed by atoms with van der Waals surface area (Å²) in [6.07, 6.45) is -9.26. The predicted molar refractivity (Wildman–Crippen MR) is 142 cm³/mol. The molecule has 43 heavy (non-hydrogen) atoms. The zero-order chi connectivity index (χ0) is 30.7. The number of benzene rings is 3. The third-order valence-corrected chi connectivity index (χ3v) is 7.51. The zero-order valence-corrected chi connectivity index (χ0v) is 22.2. The van der Waals surface area contributed by atoms with E-state index in [1.165, 1.54) is 37.4 Å². The first-order chi connectivity index (χ1) is 20.4. The molecule has 1 unspecified atom stereocenters. The summed E-state index contributed by atoms with van der Waals surface area (Å²) in [6, 6.07) is 13.2. The Kier molecular flexibility index (Phi) is 6.74. The summed E-state index contributed by atoms with van der Waals surface area (Å²) in [7, 11) is 1.50. The second-order valence-electron chi connectivity index (χ2n) is 10.0. The number of aromatic nitrogens is 1. The van der Waals surface area contributed by atoms with Gasteiger partial charge in [0.2, 0.25) is 0 Å². The van der Waals surface area contributed by atoms with Crippen molar-refractivity contribution in [2.45, 2.75) is 24.8 Å². The van der Waals surface area contributed by atoms with E-state index in [0.717, 1.165) is 21.9 Å². The van der Waals surface area contributed by atoms with Crippen molar-refractivity contribution in [2.75, 3.05) is 13.7 Å². The first-order valence-electron chi connectivity index (χ1n) is 13.0. The molecule has 0 aliphatic carbocycles. The number of hydrogen-bond donors (Lipinski definition) is 1. The second-order valence-corrected chi connectivity index (χ2v) is 10.0. The van der Waals surface area contributed by atoms with Gasteiger partial charge in [0.25, 0.3) is 5.91 Å². The lowest BCUT2D eigenvalue weighted by molar-refractivity contribution is -0.138. The topological polar surface area (TPSA) is 58.5 Å². The standard InChI is InChI=1S/C31H21F7N2O3/c1-42-17-7-9-24-20(15-17)18-12-13-40(29(41)21-14-16(30(33,34)35)6-8-23(21)32)28(27(18)39-24)26-11-10-25(43-26)19-4-2-3-5-22(19)31(36,37)38/h2-11,14-15,28,39H,12-13H2,1H3. The molecule has 5 aromatic rings. The molecular formula is C31H21F7N2O3. The van der Waals surface area contributed by atoms with Gasteiger partial charge in [-0.25, -0.2) is 4.39 Å². The van der Waals surface area contributed by atoms with Gasteiger partial charge in [-0.1, -0.05) is 18.2 Å². The highest BCUT2D eigenvalue weighted by Crippen LogP contribution is 2.43. The van der Waals surface area contributed by atoms with E-state index in [0.29, 0.717) is 35.2 Å². The first-order valence-corrected chi connectivity index (χ1v) is 13.0. The molecule has 0 radical (unpaired) electrons. The number of aromatic amines is 1. The first kappa shape index (κ1) is 28.4. The molecule has 0 saturated heterocycles. The molecule has 2 aromatic heterocycles. The molecule has 12 heteroatoms. The summed E-state index contributed by atoms with van der Waals surface area (Å²) in [4.78, 5) is 18.1. The third-order valence-electron chi connectivity index (χ3n) is 7.51. The SMILES string of the molecule is COc1ccc2[nH]c3c(c2c1)CCN(C(=O)c1cc(C(F)(F)F)ccc1F)C3c1ccc(-c2ccccc2C(F)(F)F)o1. The molecule has 5 nitrogen and oxygen atoms in total. The van der Waals surface area contributed by atoms with Crippen LogP contribution in [0.25, 0.3) is 22.2 Å². The van der Waals surface area contributed by atoms with Crippen molar-refractivity contribution in [3.8, 4) is 17.1 Å². The number of nitrogens with one attached hydrogen (secondary N) is 1. The summed E-state index contributed by atoms with van der Waals surface area (Å²) in [5.41, 5.74) is -1.33. The summed E-state index contributed by atoms with van der Waals surface area (Å²) in [5, 5.41) is 0.755. The fourth-order valence-corrected chi connectivity index (χ4v) is 5.52. The van der Waals surface area contributed by atoms with Gasteiger partial charge in [-0.2, -0.15) is 26.3 Å². The Labute approximate surface area is 239 Å². The van der Waals surface area contributed by atoms with Crippen LogP contribution in [0, 0.1) is 5.82 Å². The van der Waals surface area contributed by atoms with Crippen molar-refractivity contribution in [2.24, 2.45) is 0 Å². The highest BCUT2D eigenvalue weighted by atomic mass is 19.4. The van der Waals surface area contributed by atoms with Crippen LogP contribution in [0.3, 0.4) is 0 Å². The van der Waals surface area contributed by atoms with E-state index in [1.807, 2.05) is 0 Å². The second kappa shape index (κ2) is 10.2. The molecule has 1 atom stereocenters. The Morgan fingerprint density at radius 2 is 1.72 bits per heavy atom. The van der Waals surface area contributed by atoms with Gasteiger partial charge in [0.15, 0.2) is 0 Å². The minimum atomic E-state index is -4.82. The highest BCUT2D eigenvalue weighted by molar-refractivity contribution is 5.96. The van der Waals surface area contributed by atoms with Gasteiger partial charge in [0, 0.05) is 23.0 Å². The number of alkyl halides is 6. The number of fused-ring (bicyclic) bond motifs is 3. The number of rotatable bonds is 4. The van der Waals surface area contributed by atoms with Crippen molar-refractivity contribution >= 4 is 16.8 Å². The van der Waals surface area contributed by atoms with Crippen molar-refractivity contribution in [1.82, 2.24) is 9.88 Å². The number of carbonyl (C=O) groups is 1. The lowest BCUT2D eigenvalue weighted by Gasteiger charge is -2.35. The number of amides is 1. The van der Waals surface area contributed by atoms with Gasteiger partial charge in [0.05, 0.1) is 29.5 Å². The minimum absolute atomic E-state index is 0.0344. The molecule has 3 heterocycles. The molecule has 0 fully saturated rings. The van der Waals surface area contributed by atoms with E-state index in [-0.39, 0.29) is 30.0 Å². The summed E-state index contributed by atoms with van der Waals surface area (Å²) in [5.74, 6) is -1.73. The number of halogens is 7. The largest absolute Gasteiger partial charge is 0.497 e. The zero-order valence-electron chi connectivity index (χ0n) is 22.2. The van der Waals surface area contributed by atoms with Crippen LogP contribution in [0.2, 0.25) is 0 Å². The quantitative estimate of drug-likeness (QED) is 0.210. The van der Waals surface area contributed by atoms with E-state index < -0.39 is 46.8 Å². The van der Waals surface area contributed by atoms with E-state index in [2.05, 4.69) is 4.98 Å². The number of nitrogens with zero attached hydrogens (tertiary/aromatic N) is 1. The van der Waals surface area contributed by atoms with Gasteiger partial charge < -0.3 is 19.0 Å². The molecule has 222 valence electrons. The van der Waals surface area contributed by atoms with Crippen LogP contribution in [-0.2, 0) is 18.8 Å². The minimum Gasteiger partial charge on any atom is -0.497 e. The lowest BCUT2D eigenvalue weighted by Crippen LogP contribution is -2.41. The Morgan fingerprint density at radius 1 is 0.953 bits per heavy atom. The van der Waals surface area contributed by atoms with Gasteiger partial charge in [-0.3, -0.25) is 4.79 Å². The van der Waals surface area contributed by atoms with Crippen molar-refractivity contribution in [3.63, 3.8) is 0 Å². The van der Waals surface area contributed by atoms with E-state index in [4.69, 9.17) is 9.15 Å². The van der Waals surface area contributed by atoms with Gasteiger partial charge in [0.1, 0.15) is 29.1 Å². The lowest BCUT2D eigenvalue weighted by atomic mass is 9.94. The van der Waals surface area contributed by atoms with Crippen LogP contribution in [0.4, 0.5) is 30.7 Å². The van der Waals surface area contributed by atoms with Gasteiger partial charge in [-0.15, -0.1) is 0 Å². The van der Waals surface area contributed by atoms with E-state index in [9.17, 15) is 35.5 Å². The summed E-state index contributed by atoms with van der Waals surface area (Å²) < 4.78 is 108. The van der Waals surface area contributed by atoms with Crippen LogP contribution in [-0.4, -0.2) is 29.4 Å². The number of H-pyrrole nitrogens is 1. The molecule has 0 spiro atoms. The van der Waals surface area contributed by atoms with Crippen molar-refractivity contribution < 1.29 is 44.7 Å². The number of furan rings is 1. The molecule has 3 aromatic carbocycles. The highest BCUT2D eigenvalue weighted by Gasteiger charge is 2.40. The van der Waals surface area contributed by atoms with Gasteiger partial charge >= 0.3 is 12.4 Å². The fourth-order valence-electron chi connectivity index (χ4n) is 5.52. The van der Waals surface area contributed by atoms with Crippen molar-refractivity contribution in [3.05, 3.63) is 112 Å². The molecule has 0 saturated carbocycles. The number of carbonyl (C=O) groups excluding carboxylic acids is 1.